The van der Waals surface area contributed by atoms with Crippen molar-refractivity contribution in [1.82, 2.24) is 4.98 Å². The van der Waals surface area contributed by atoms with Gasteiger partial charge in [-0.2, -0.15) is 0 Å². The van der Waals surface area contributed by atoms with Crippen molar-refractivity contribution in [2.45, 2.75) is 44.8 Å². The van der Waals surface area contributed by atoms with Crippen molar-refractivity contribution < 1.29 is 9.84 Å². The van der Waals surface area contributed by atoms with Crippen LogP contribution in [0.3, 0.4) is 0 Å². The highest BCUT2D eigenvalue weighted by atomic mass is 16.5. The van der Waals surface area contributed by atoms with E-state index >= 15 is 0 Å². The average Bonchev–Trinajstić information content (AvgIpc) is 2.65. The minimum Gasteiger partial charge on any atom is -0.472 e. The number of aliphatic hydroxyl groups excluding tert-OH is 1. The third kappa shape index (κ3) is 2.48. The quantitative estimate of drug-likeness (QED) is 0.823. The van der Waals surface area contributed by atoms with Crippen molar-refractivity contribution in [1.29, 1.82) is 0 Å². The van der Waals surface area contributed by atoms with Gasteiger partial charge < -0.3 is 9.84 Å². The molecule has 1 fully saturated rings. The third-order valence-corrected chi connectivity index (χ3v) is 2.83. The molecule has 0 amide bonds. The van der Waals surface area contributed by atoms with E-state index in [0.717, 1.165) is 31.4 Å². The van der Waals surface area contributed by atoms with Gasteiger partial charge in [-0.1, -0.05) is 13.0 Å². The van der Waals surface area contributed by atoms with Crippen LogP contribution in [0.4, 0.5) is 0 Å². The Morgan fingerprint density at radius 3 is 3.00 bits per heavy atom. The van der Waals surface area contributed by atoms with E-state index in [4.69, 9.17) is 4.74 Å². The standard InChI is InChI=1S/C12H17NO2/c1-2-9-5-3-8-12(13-9)15-11-7-4-6-10(11)14/h3,5,8,10-11,14H,2,4,6-7H2,1H3/t10-,11+/m0/s1. The predicted molar refractivity (Wildman–Crippen MR) is 57.9 cm³/mol. The molecule has 3 nitrogen and oxygen atoms in total. The Morgan fingerprint density at radius 2 is 2.33 bits per heavy atom. The molecule has 2 atom stereocenters. The van der Waals surface area contributed by atoms with E-state index in [-0.39, 0.29) is 12.2 Å². The van der Waals surface area contributed by atoms with Gasteiger partial charge in [0.25, 0.3) is 0 Å². The van der Waals surface area contributed by atoms with Gasteiger partial charge in [0.2, 0.25) is 5.88 Å². The highest BCUT2D eigenvalue weighted by Crippen LogP contribution is 2.23. The Bertz CT molecular complexity index is 327. The maximum absolute atomic E-state index is 9.62. The second kappa shape index (κ2) is 4.62. The van der Waals surface area contributed by atoms with E-state index in [1.165, 1.54) is 0 Å². The molecule has 2 rings (SSSR count). The molecule has 1 N–H and O–H groups in total. The first-order chi connectivity index (χ1) is 7.29. The van der Waals surface area contributed by atoms with Crippen molar-refractivity contribution >= 4 is 0 Å². The maximum atomic E-state index is 9.62. The van der Waals surface area contributed by atoms with Crippen LogP contribution in [0.15, 0.2) is 18.2 Å². The van der Waals surface area contributed by atoms with Gasteiger partial charge in [0.05, 0.1) is 6.10 Å². The topological polar surface area (TPSA) is 42.4 Å². The Balaban J connectivity index is 2.03. The van der Waals surface area contributed by atoms with Gasteiger partial charge in [-0.05, 0) is 31.7 Å². The first kappa shape index (κ1) is 10.4. The lowest BCUT2D eigenvalue weighted by Gasteiger charge is -2.16. The second-order valence-corrected chi connectivity index (χ2v) is 3.98. The molecule has 1 heterocycles. The van der Waals surface area contributed by atoms with Crippen LogP contribution in [0, 0.1) is 0 Å². The van der Waals surface area contributed by atoms with E-state index < -0.39 is 0 Å². The van der Waals surface area contributed by atoms with E-state index in [9.17, 15) is 5.11 Å². The number of hydrogen-bond acceptors (Lipinski definition) is 3. The zero-order valence-electron chi connectivity index (χ0n) is 9.02. The Labute approximate surface area is 90.1 Å². The van der Waals surface area contributed by atoms with E-state index in [1.807, 2.05) is 18.2 Å². The van der Waals surface area contributed by atoms with Crippen LogP contribution in [-0.4, -0.2) is 22.3 Å². The lowest BCUT2D eigenvalue weighted by Crippen LogP contribution is -2.26. The third-order valence-electron chi connectivity index (χ3n) is 2.83. The predicted octanol–water partition coefficient (Wildman–Crippen LogP) is 1.94. The van der Waals surface area contributed by atoms with E-state index in [1.54, 1.807) is 0 Å². The molecule has 0 radical (unpaired) electrons. The zero-order chi connectivity index (χ0) is 10.7. The summed E-state index contributed by atoms with van der Waals surface area (Å²) < 4.78 is 5.67. The molecule has 1 aliphatic rings. The molecule has 15 heavy (non-hydrogen) atoms. The van der Waals surface area contributed by atoms with E-state index in [0.29, 0.717) is 5.88 Å². The SMILES string of the molecule is CCc1cccc(O[C@@H]2CCC[C@@H]2O)n1. The van der Waals surface area contributed by atoms with Crippen LogP contribution in [0.1, 0.15) is 31.9 Å². The van der Waals surface area contributed by atoms with E-state index in [2.05, 4.69) is 11.9 Å². The largest absolute Gasteiger partial charge is 0.472 e. The first-order valence-electron chi connectivity index (χ1n) is 5.60. The van der Waals surface area contributed by atoms with Crippen LogP contribution in [-0.2, 0) is 6.42 Å². The normalized spacial score (nSPS) is 25.5. The fourth-order valence-electron chi connectivity index (χ4n) is 1.92. The molecular formula is C12H17NO2. The van der Waals surface area contributed by atoms with Crippen molar-refractivity contribution in [2.75, 3.05) is 0 Å². The molecule has 0 saturated heterocycles. The van der Waals surface area contributed by atoms with Crippen LogP contribution >= 0.6 is 0 Å². The summed E-state index contributed by atoms with van der Waals surface area (Å²) in [6, 6.07) is 5.78. The summed E-state index contributed by atoms with van der Waals surface area (Å²) in [5.74, 6) is 0.639. The lowest BCUT2D eigenvalue weighted by molar-refractivity contribution is 0.0573. The Hall–Kier alpha value is -1.09. The second-order valence-electron chi connectivity index (χ2n) is 3.98. The fourth-order valence-corrected chi connectivity index (χ4v) is 1.92. The number of ether oxygens (including phenoxy) is 1. The number of rotatable bonds is 3. The van der Waals surface area contributed by atoms with Crippen molar-refractivity contribution in [2.24, 2.45) is 0 Å². The van der Waals surface area contributed by atoms with Gasteiger partial charge in [-0.3, -0.25) is 0 Å². The number of nitrogens with zero attached hydrogens (tertiary/aromatic N) is 1. The summed E-state index contributed by atoms with van der Waals surface area (Å²) >= 11 is 0. The summed E-state index contributed by atoms with van der Waals surface area (Å²) in [4.78, 5) is 4.36. The number of aromatic nitrogens is 1. The zero-order valence-corrected chi connectivity index (χ0v) is 9.02. The van der Waals surface area contributed by atoms with Crippen LogP contribution in [0.2, 0.25) is 0 Å². The summed E-state index contributed by atoms with van der Waals surface area (Å²) in [6.45, 7) is 2.07. The molecule has 1 aromatic rings. The molecule has 3 heteroatoms. The van der Waals surface area contributed by atoms with Crippen molar-refractivity contribution in [3.8, 4) is 5.88 Å². The van der Waals surface area contributed by atoms with Gasteiger partial charge in [0, 0.05) is 11.8 Å². The molecule has 1 saturated carbocycles. The molecular weight excluding hydrogens is 190 g/mol. The Morgan fingerprint density at radius 1 is 1.47 bits per heavy atom. The number of pyridine rings is 1. The fraction of sp³-hybridized carbons (Fsp3) is 0.583. The maximum Gasteiger partial charge on any atom is 0.213 e. The van der Waals surface area contributed by atoms with Gasteiger partial charge in [-0.15, -0.1) is 0 Å². The Kier molecular flexibility index (Phi) is 3.21. The van der Waals surface area contributed by atoms with Crippen molar-refractivity contribution in [3.63, 3.8) is 0 Å². The molecule has 0 bridgehead atoms. The first-order valence-corrected chi connectivity index (χ1v) is 5.60. The molecule has 0 aliphatic heterocycles. The van der Waals surface area contributed by atoms with Gasteiger partial charge in [-0.25, -0.2) is 4.98 Å². The summed E-state index contributed by atoms with van der Waals surface area (Å²) in [7, 11) is 0. The number of hydrogen-bond donors (Lipinski definition) is 1. The van der Waals surface area contributed by atoms with Gasteiger partial charge >= 0.3 is 0 Å². The molecule has 1 aromatic heterocycles. The molecule has 0 aromatic carbocycles. The molecule has 1 aliphatic carbocycles. The van der Waals surface area contributed by atoms with Gasteiger partial charge in [0.15, 0.2) is 0 Å². The molecule has 0 unspecified atom stereocenters. The smallest absolute Gasteiger partial charge is 0.213 e. The lowest BCUT2D eigenvalue weighted by atomic mass is 10.2. The molecule has 82 valence electrons. The minimum absolute atomic E-state index is 0.0652. The van der Waals surface area contributed by atoms with Crippen LogP contribution in [0.25, 0.3) is 0 Å². The number of aliphatic hydroxyl groups is 1. The highest BCUT2D eigenvalue weighted by Gasteiger charge is 2.27. The number of aryl methyl sites for hydroxylation is 1. The minimum atomic E-state index is -0.322. The average molecular weight is 207 g/mol. The summed E-state index contributed by atoms with van der Waals surface area (Å²) in [5.41, 5.74) is 1.03. The van der Waals surface area contributed by atoms with Crippen molar-refractivity contribution in [3.05, 3.63) is 23.9 Å². The summed E-state index contributed by atoms with van der Waals surface area (Å²) in [6.07, 6.45) is 3.34. The highest BCUT2D eigenvalue weighted by molar-refractivity contribution is 5.16. The summed E-state index contributed by atoms with van der Waals surface area (Å²) in [5, 5.41) is 9.62. The molecule has 0 spiro atoms. The monoisotopic (exact) mass is 207 g/mol. The van der Waals surface area contributed by atoms with Crippen LogP contribution < -0.4 is 4.74 Å². The van der Waals surface area contributed by atoms with Gasteiger partial charge in [0.1, 0.15) is 6.10 Å². The van der Waals surface area contributed by atoms with Crippen LogP contribution in [0.5, 0.6) is 5.88 Å².